The van der Waals surface area contributed by atoms with E-state index < -0.39 is 0 Å². The molecule has 0 aliphatic carbocycles. The summed E-state index contributed by atoms with van der Waals surface area (Å²) in [6.07, 6.45) is 8.38. The average molecular weight is 366 g/mol. The maximum absolute atomic E-state index is 6.21. The molecule has 27 heavy (non-hydrogen) atoms. The van der Waals surface area contributed by atoms with Crippen molar-refractivity contribution >= 4 is 0 Å². The standard InChI is InChI=1S/C23H31N3O/c1-6-14-25(15-7-1)17-18-27-23-12-3-2-9-20(23)19-26-16-8-11-22(26)21-10-4-5-13-24-21/h2-5,9-10,12-13,22H,1,6-8,11,14-19H2. The summed E-state index contributed by atoms with van der Waals surface area (Å²) in [5, 5.41) is 0. The van der Waals surface area contributed by atoms with E-state index in [-0.39, 0.29) is 0 Å². The lowest BCUT2D eigenvalue weighted by Crippen LogP contribution is -2.33. The highest BCUT2D eigenvalue weighted by Crippen LogP contribution is 2.33. The van der Waals surface area contributed by atoms with Gasteiger partial charge in [0.1, 0.15) is 12.4 Å². The fraction of sp³-hybridized carbons (Fsp3) is 0.522. The van der Waals surface area contributed by atoms with E-state index in [9.17, 15) is 0 Å². The first kappa shape index (κ1) is 18.5. The number of rotatable bonds is 7. The molecule has 4 nitrogen and oxygen atoms in total. The largest absolute Gasteiger partial charge is 0.492 e. The molecule has 144 valence electrons. The van der Waals surface area contributed by atoms with Gasteiger partial charge < -0.3 is 4.74 Å². The van der Waals surface area contributed by atoms with Gasteiger partial charge in [-0.2, -0.15) is 0 Å². The van der Waals surface area contributed by atoms with Gasteiger partial charge in [0.2, 0.25) is 0 Å². The predicted molar refractivity (Wildman–Crippen MR) is 109 cm³/mol. The van der Waals surface area contributed by atoms with Crippen molar-refractivity contribution in [3.63, 3.8) is 0 Å². The molecule has 0 bridgehead atoms. The maximum Gasteiger partial charge on any atom is 0.123 e. The molecule has 1 atom stereocenters. The third-order valence-corrected chi connectivity index (χ3v) is 5.85. The van der Waals surface area contributed by atoms with Gasteiger partial charge in [0.15, 0.2) is 0 Å². The molecule has 0 amide bonds. The van der Waals surface area contributed by atoms with Crippen LogP contribution >= 0.6 is 0 Å². The third kappa shape index (κ3) is 4.88. The minimum Gasteiger partial charge on any atom is -0.492 e. The smallest absolute Gasteiger partial charge is 0.123 e. The van der Waals surface area contributed by atoms with Gasteiger partial charge in [0, 0.05) is 24.8 Å². The van der Waals surface area contributed by atoms with Crippen molar-refractivity contribution in [3.8, 4) is 5.75 Å². The highest BCUT2D eigenvalue weighted by Gasteiger charge is 2.27. The Balaban J connectivity index is 1.37. The van der Waals surface area contributed by atoms with E-state index in [2.05, 4.69) is 51.2 Å². The van der Waals surface area contributed by atoms with Crippen LogP contribution in [0.5, 0.6) is 5.75 Å². The number of benzene rings is 1. The van der Waals surface area contributed by atoms with E-state index in [0.717, 1.165) is 32.0 Å². The Morgan fingerprint density at radius 2 is 1.78 bits per heavy atom. The number of hydrogen-bond acceptors (Lipinski definition) is 4. The highest BCUT2D eigenvalue weighted by molar-refractivity contribution is 5.33. The zero-order chi connectivity index (χ0) is 18.3. The van der Waals surface area contributed by atoms with Crippen molar-refractivity contribution in [1.29, 1.82) is 0 Å². The molecule has 1 unspecified atom stereocenters. The lowest BCUT2D eigenvalue weighted by molar-refractivity contribution is 0.180. The molecule has 1 aromatic carbocycles. The second-order valence-electron chi connectivity index (χ2n) is 7.74. The first-order valence-corrected chi connectivity index (χ1v) is 10.5. The summed E-state index contributed by atoms with van der Waals surface area (Å²) in [6.45, 7) is 6.33. The molecule has 2 aliphatic rings. The van der Waals surface area contributed by atoms with Gasteiger partial charge in [-0.1, -0.05) is 30.7 Å². The molecule has 1 aromatic heterocycles. The van der Waals surface area contributed by atoms with Crippen LogP contribution in [0.2, 0.25) is 0 Å². The van der Waals surface area contributed by atoms with Crippen LogP contribution in [0.25, 0.3) is 0 Å². The Morgan fingerprint density at radius 1 is 0.926 bits per heavy atom. The highest BCUT2D eigenvalue weighted by atomic mass is 16.5. The molecule has 0 radical (unpaired) electrons. The molecule has 0 saturated carbocycles. The molecule has 2 aliphatic heterocycles. The molecule has 4 heteroatoms. The fourth-order valence-corrected chi connectivity index (χ4v) is 4.39. The Labute approximate surface area is 163 Å². The number of ether oxygens (including phenoxy) is 1. The van der Waals surface area contributed by atoms with E-state index >= 15 is 0 Å². The zero-order valence-corrected chi connectivity index (χ0v) is 16.2. The van der Waals surface area contributed by atoms with Crippen molar-refractivity contribution in [2.75, 3.05) is 32.8 Å². The zero-order valence-electron chi connectivity index (χ0n) is 16.2. The van der Waals surface area contributed by atoms with Crippen LogP contribution in [-0.2, 0) is 6.54 Å². The molecular formula is C23H31N3O. The van der Waals surface area contributed by atoms with Crippen LogP contribution in [-0.4, -0.2) is 47.6 Å². The summed E-state index contributed by atoms with van der Waals surface area (Å²) < 4.78 is 6.21. The molecule has 0 N–H and O–H groups in total. The Morgan fingerprint density at radius 3 is 2.63 bits per heavy atom. The first-order chi connectivity index (χ1) is 13.4. The van der Waals surface area contributed by atoms with Crippen molar-refractivity contribution in [2.24, 2.45) is 0 Å². The van der Waals surface area contributed by atoms with Crippen molar-refractivity contribution < 1.29 is 4.74 Å². The van der Waals surface area contributed by atoms with E-state index in [4.69, 9.17) is 4.74 Å². The number of para-hydroxylation sites is 1. The number of hydrogen-bond donors (Lipinski definition) is 0. The number of aromatic nitrogens is 1. The van der Waals surface area contributed by atoms with Crippen molar-refractivity contribution in [3.05, 3.63) is 59.9 Å². The van der Waals surface area contributed by atoms with Gasteiger partial charge in [-0.3, -0.25) is 14.8 Å². The predicted octanol–water partition coefficient (Wildman–Crippen LogP) is 4.28. The normalized spacial score (nSPS) is 21.4. The minimum atomic E-state index is 0.424. The lowest BCUT2D eigenvalue weighted by Gasteiger charge is -2.27. The number of nitrogens with zero attached hydrogens (tertiary/aromatic N) is 3. The maximum atomic E-state index is 6.21. The van der Waals surface area contributed by atoms with Crippen LogP contribution in [0.3, 0.4) is 0 Å². The number of pyridine rings is 1. The average Bonchev–Trinajstić information content (AvgIpc) is 3.19. The van der Waals surface area contributed by atoms with Crippen molar-refractivity contribution in [2.45, 2.75) is 44.7 Å². The summed E-state index contributed by atoms with van der Waals surface area (Å²) in [7, 11) is 0. The van der Waals surface area contributed by atoms with Crippen LogP contribution < -0.4 is 4.74 Å². The fourth-order valence-electron chi connectivity index (χ4n) is 4.39. The van der Waals surface area contributed by atoms with Crippen molar-refractivity contribution in [1.82, 2.24) is 14.8 Å². The summed E-state index contributed by atoms with van der Waals surface area (Å²) in [5.41, 5.74) is 2.48. The summed E-state index contributed by atoms with van der Waals surface area (Å²) in [5.74, 6) is 1.04. The summed E-state index contributed by atoms with van der Waals surface area (Å²) in [6, 6.07) is 15.2. The SMILES string of the molecule is c1ccc(C2CCCN2Cc2ccccc2OCCN2CCCCC2)nc1. The molecule has 2 saturated heterocycles. The quantitative estimate of drug-likeness (QED) is 0.732. The molecule has 0 spiro atoms. The molecule has 2 fully saturated rings. The van der Waals surface area contributed by atoms with Gasteiger partial charge in [-0.15, -0.1) is 0 Å². The minimum absolute atomic E-state index is 0.424. The van der Waals surface area contributed by atoms with Crippen LogP contribution in [0.4, 0.5) is 0 Å². The monoisotopic (exact) mass is 365 g/mol. The molecule has 3 heterocycles. The number of likely N-dealkylation sites (tertiary alicyclic amines) is 2. The Bertz CT molecular complexity index is 700. The molecule has 2 aromatic rings. The van der Waals surface area contributed by atoms with E-state index in [1.165, 1.54) is 56.5 Å². The Kier molecular flexibility index (Phi) is 6.38. The van der Waals surface area contributed by atoms with Crippen LogP contribution in [0, 0.1) is 0 Å². The van der Waals surface area contributed by atoms with Gasteiger partial charge in [-0.05, 0) is 63.5 Å². The summed E-state index contributed by atoms with van der Waals surface area (Å²) >= 11 is 0. The van der Waals surface area contributed by atoms with Gasteiger partial charge in [-0.25, -0.2) is 0 Å². The lowest BCUT2D eigenvalue weighted by atomic mass is 10.1. The molecular weight excluding hydrogens is 334 g/mol. The van der Waals surface area contributed by atoms with Crippen LogP contribution in [0.1, 0.15) is 49.4 Å². The second kappa shape index (κ2) is 9.34. The van der Waals surface area contributed by atoms with Crippen LogP contribution in [0.15, 0.2) is 48.7 Å². The van der Waals surface area contributed by atoms with Gasteiger partial charge in [0.25, 0.3) is 0 Å². The second-order valence-corrected chi connectivity index (χ2v) is 7.74. The topological polar surface area (TPSA) is 28.6 Å². The first-order valence-electron chi connectivity index (χ1n) is 10.5. The third-order valence-electron chi connectivity index (χ3n) is 5.85. The van der Waals surface area contributed by atoms with E-state index in [1.807, 2.05) is 12.3 Å². The number of piperidine rings is 1. The van der Waals surface area contributed by atoms with Gasteiger partial charge in [0.05, 0.1) is 11.7 Å². The Hall–Kier alpha value is -1.91. The van der Waals surface area contributed by atoms with E-state index in [0.29, 0.717) is 6.04 Å². The van der Waals surface area contributed by atoms with E-state index in [1.54, 1.807) is 0 Å². The van der Waals surface area contributed by atoms with Gasteiger partial charge >= 0.3 is 0 Å². The summed E-state index contributed by atoms with van der Waals surface area (Å²) in [4.78, 5) is 9.68. The molecule has 4 rings (SSSR count).